The molecule has 0 aromatic heterocycles. The monoisotopic (exact) mass is 359 g/mol. The SMILES string of the molecule is COc1cc(Br)c(C(N)CCC(=O)O)c(C(C)C)c1OC. The molecule has 0 fully saturated rings. The van der Waals surface area contributed by atoms with Crippen molar-refractivity contribution in [1.29, 1.82) is 0 Å². The molecule has 0 heterocycles. The van der Waals surface area contributed by atoms with Crippen LogP contribution in [0.25, 0.3) is 0 Å². The van der Waals surface area contributed by atoms with E-state index in [1.165, 1.54) is 0 Å². The Morgan fingerprint density at radius 1 is 1.33 bits per heavy atom. The maximum absolute atomic E-state index is 10.8. The molecule has 1 unspecified atom stereocenters. The second kappa shape index (κ2) is 7.66. The largest absolute Gasteiger partial charge is 0.493 e. The van der Waals surface area contributed by atoms with E-state index in [0.29, 0.717) is 17.9 Å². The van der Waals surface area contributed by atoms with Gasteiger partial charge in [-0.3, -0.25) is 4.79 Å². The van der Waals surface area contributed by atoms with Crippen molar-refractivity contribution in [1.82, 2.24) is 0 Å². The number of hydrogen-bond acceptors (Lipinski definition) is 4. The van der Waals surface area contributed by atoms with Gasteiger partial charge in [-0.15, -0.1) is 0 Å². The summed E-state index contributed by atoms with van der Waals surface area (Å²) in [5.74, 6) is 0.587. The van der Waals surface area contributed by atoms with Crippen LogP contribution in [-0.4, -0.2) is 25.3 Å². The first kappa shape index (κ1) is 17.8. The lowest BCUT2D eigenvalue weighted by molar-refractivity contribution is -0.137. The Balaban J connectivity index is 3.38. The Hall–Kier alpha value is -1.27. The van der Waals surface area contributed by atoms with Gasteiger partial charge in [-0.25, -0.2) is 0 Å². The van der Waals surface area contributed by atoms with Crippen molar-refractivity contribution >= 4 is 21.9 Å². The Morgan fingerprint density at radius 2 is 1.95 bits per heavy atom. The maximum atomic E-state index is 10.8. The van der Waals surface area contributed by atoms with Crippen LogP contribution in [0.1, 0.15) is 49.8 Å². The van der Waals surface area contributed by atoms with E-state index >= 15 is 0 Å². The van der Waals surface area contributed by atoms with E-state index < -0.39 is 5.97 Å². The van der Waals surface area contributed by atoms with Crippen molar-refractivity contribution in [2.24, 2.45) is 5.73 Å². The number of ether oxygens (including phenoxy) is 2. The topological polar surface area (TPSA) is 81.8 Å². The molecule has 0 aliphatic carbocycles. The molecule has 5 nitrogen and oxygen atoms in total. The highest BCUT2D eigenvalue weighted by Crippen LogP contribution is 2.44. The zero-order valence-corrected chi connectivity index (χ0v) is 14.4. The first-order valence-corrected chi connectivity index (χ1v) is 7.54. The molecule has 0 saturated heterocycles. The number of carboxylic acids is 1. The molecule has 21 heavy (non-hydrogen) atoms. The molecule has 0 aliphatic heterocycles. The van der Waals surface area contributed by atoms with Gasteiger partial charge in [0, 0.05) is 22.5 Å². The van der Waals surface area contributed by atoms with Crippen molar-refractivity contribution in [3.63, 3.8) is 0 Å². The fourth-order valence-corrected chi connectivity index (χ4v) is 3.09. The van der Waals surface area contributed by atoms with Crippen LogP contribution in [0.4, 0.5) is 0 Å². The highest BCUT2D eigenvalue weighted by molar-refractivity contribution is 9.10. The zero-order chi connectivity index (χ0) is 16.2. The number of methoxy groups -OCH3 is 2. The molecular weight excluding hydrogens is 338 g/mol. The van der Waals surface area contributed by atoms with Gasteiger partial charge in [0.15, 0.2) is 11.5 Å². The van der Waals surface area contributed by atoms with Crippen LogP contribution in [-0.2, 0) is 4.79 Å². The van der Waals surface area contributed by atoms with Crippen LogP contribution in [0.3, 0.4) is 0 Å². The van der Waals surface area contributed by atoms with Crippen LogP contribution in [0, 0.1) is 0 Å². The van der Waals surface area contributed by atoms with Gasteiger partial charge in [-0.1, -0.05) is 29.8 Å². The third kappa shape index (κ3) is 4.11. The molecule has 1 rings (SSSR count). The van der Waals surface area contributed by atoms with Gasteiger partial charge in [0.25, 0.3) is 0 Å². The number of carboxylic acid groups (broad SMARTS) is 1. The van der Waals surface area contributed by atoms with Crippen molar-refractivity contribution in [2.45, 2.75) is 38.6 Å². The Labute approximate surface area is 133 Å². The van der Waals surface area contributed by atoms with E-state index in [-0.39, 0.29) is 18.4 Å². The third-order valence-corrected chi connectivity index (χ3v) is 3.97. The lowest BCUT2D eigenvalue weighted by Crippen LogP contribution is -2.17. The minimum Gasteiger partial charge on any atom is -0.493 e. The van der Waals surface area contributed by atoms with Crippen molar-refractivity contribution in [3.05, 3.63) is 21.7 Å². The maximum Gasteiger partial charge on any atom is 0.303 e. The van der Waals surface area contributed by atoms with Crippen LogP contribution < -0.4 is 15.2 Å². The summed E-state index contributed by atoms with van der Waals surface area (Å²) in [5.41, 5.74) is 8.03. The summed E-state index contributed by atoms with van der Waals surface area (Å²) in [7, 11) is 3.17. The Kier molecular flexibility index (Phi) is 6.48. The molecule has 0 aliphatic rings. The fraction of sp³-hybridized carbons (Fsp3) is 0.533. The second-order valence-electron chi connectivity index (χ2n) is 5.11. The van der Waals surface area contributed by atoms with Crippen molar-refractivity contribution < 1.29 is 19.4 Å². The van der Waals surface area contributed by atoms with Crippen LogP contribution in [0.15, 0.2) is 10.5 Å². The van der Waals surface area contributed by atoms with Crippen molar-refractivity contribution in [2.75, 3.05) is 14.2 Å². The second-order valence-corrected chi connectivity index (χ2v) is 5.97. The van der Waals surface area contributed by atoms with Crippen molar-refractivity contribution in [3.8, 4) is 11.5 Å². The molecule has 3 N–H and O–H groups in total. The quantitative estimate of drug-likeness (QED) is 0.778. The molecule has 0 bridgehead atoms. The summed E-state index contributed by atoms with van der Waals surface area (Å²) in [6, 6.07) is 1.42. The average Bonchev–Trinajstić information content (AvgIpc) is 2.42. The standard InChI is InChI=1S/C15H22BrNO4/c1-8(2)13-14(10(17)5-6-12(18)19)9(16)7-11(20-3)15(13)21-4/h7-8,10H,5-6,17H2,1-4H3,(H,18,19). The van der Waals surface area contributed by atoms with E-state index in [1.807, 2.05) is 13.8 Å². The van der Waals surface area contributed by atoms with E-state index in [2.05, 4.69) is 15.9 Å². The summed E-state index contributed by atoms with van der Waals surface area (Å²) in [6.07, 6.45) is 0.391. The van der Waals surface area contributed by atoms with Gasteiger partial charge in [0.1, 0.15) is 0 Å². The van der Waals surface area contributed by atoms with Gasteiger partial charge in [0.2, 0.25) is 0 Å². The predicted molar refractivity (Wildman–Crippen MR) is 85.1 cm³/mol. The first-order valence-electron chi connectivity index (χ1n) is 6.75. The van der Waals surface area contributed by atoms with Gasteiger partial charge in [0.05, 0.1) is 14.2 Å². The molecule has 0 amide bonds. The highest BCUT2D eigenvalue weighted by Gasteiger charge is 2.24. The highest BCUT2D eigenvalue weighted by atomic mass is 79.9. The zero-order valence-electron chi connectivity index (χ0n) is 12.8. The number of nitrogens with two attached hydrogens (primary N) is 1. The molecule has 1 aromatic carbocycles. The first-order chi connectivity index (χ1) is 9.83. The number of hydrogen-bond donors (Lipinski definition) is 2. The number of benzene rings is 1. The number of carbonyl (C=O) groups is 1. The Morgan fingerprint density at radius 3 is 2.38 bits per heavy atom. The van der Waals surface area contributed by atoms with Crippen LogP contribution in [0.5, 0.6) is 11.5 Å². The Bertz CT molecular complexity index is 517. The molecular formula is C15H22BrNO4. The summed E-state index contributed by atoms with van der Waals surface area (Å²) < 4.78 is 11.6. The normalized spacial score (nSPS) is 12.3. The van der Waals surface area contributed by atoms with E-state index in [9.17, 15) is 4.79 Å². The van der Waals surface area contributed by atoms with Gasteiger partial charge in [-0.2, -0.15) is 0 Å². The third-order valence-electron chi connectivity index (χ3n) is 3.32. The lowest BCUT2D eigenvalue weighted by Gasteiger charge is -2.24. The minimum absolute atomic E-state index is 0.0273. The molecule has 1 aromatic rings. The van der Waals surface area contributed by atoms with Crippen LogP contribution >= 0.6 is 15.9 Å². The molecule has 1 atom stereocenters. The summed E-state index contributed by atoms with van der Waals surface area (Å²) >= 11 is 3.52. The van der Waals surface area contributed by atoms with E-state index in [1.54, 1.807) is 20.3 Å². The van der Waals surface area contributed by atoms with E-state index in [0.717, 1.165) is 15.6 Å². The van der Waals surface area contributed by atoms with Gasteiger partial charge < -0.3 is 20.3 Å². The lowest BCUT2D eigenvalue weighted by atomic mass is 9.90. The molecule has 0 spiro atoms. The number of aliphatic carboxylic acids is 1. The van der Waals surface area contributed by atoms with E-state index in [4.69, 9.17) is 20.3 Å². The minimum atomic E-state index is -0.854. The summed E-state index contributed by atoms with van der Waals surface area (Å²) in [4.78, 5) is 10.8. The van der Waals surface area contributed by atoms with Gasteiger partial charge >= 0.3 is 5.97 Å². The smallest absolute Gasteiger partial charge is 0.303 e. The summed E-state index contributed by atoms with van der Waals surface area (Å²) in [6.45, 7) is 4.08. The average molecular weight is 360 g/mol. The molecule has 0 radical (unpaired) electrons. The summed E-state index contributed by atoms with van der Waals surface area (Å²) in [5, 5.41) is 8.83. The number of halogens is 1. The molecule has 0 saturated carbocycles. The number of rotatable bonds is 7. The predicted octanol–water partition coefficient (Wildman–Crippen LogP) is 3.45. The molecule has 6 heteroatoms. The molecule has 118 valence electrons. The van der Waals surface area contributed by atoms with Gasteiger partial charge in [-0.05, 0) is 24.0 Å². The fourth-order valence-electron chi connectivity index (χ4n) is 2.38. The van der Waals surface area contributed by atoms with Crippen LogP contribution in [0.2, 0.25) is 0 Å².